The van der Waals surface area contributed by atoms with E-state index in [2.05, 4.69) is 68.3 Å². The van der Waals surface area contributed by atoms with E-state index < -0.39 is 0 Å². The lowest BCUT2D eigenvalue weighted by molar-refractivity contribution is 0.786. The Morgan fingerprint density at radius 1 is 1.27 bits per heavy atom. The Hall–Kier alpha value is -2.02. The van der Waals surface area contributed by atoms with E-state index in [-0.39, 0.29) is 0 Å². The van der Waals surface area contributed by atoms with Crippen LogP contribution in [0, 0.1) is 6.92 Å². The molecule has 0 saturated heterocycles. The topological polar surface area (TPSA) is 4.93 Å². The summed E-state index contributed by atoms with van der Waals surface area (Å²) >= 11 is 0. The molecule has 0 radical (unpaired) electrons. The summed E-state index contributed by atoms with van der Waals surface area (Å²) in [4.78, 5) is 0. The molecule has 0 unspecified atom stereocenters. The van der Waals surface area contributed by atoms with Gasteiger partial charge in [-0.3, -0.25) is 0 Å². The fourth-order valence-corrected chi connectivity index (χ4v) is 3.22. The molecule has 0 bridgehead atoms. The van der Waals surface area contributed by atoms with E-state index in [0.29, 0.717) is 0 Å². The minimum absolute atomic E-state index is 0.978. The lowest BCUT2D eigenvalue weighted by atomic mass is 10.1. The van der Waals surface area contributed by atoms with E-state index in [4.69, 9.17) is 0 Å². The molecule has 0 aliphatic heterocycles. The van der Waals surface area contributed by atoms with Crippen LogP contribution in [-0.4, -0.2) is 4.57 Å². The van der Waals surface area contributed by atoms with Crippen LogP contribution in [0.3, 0.4) is 0 Å². The summed E-state index contributed by atoms with van der Waals surface area (Å²) < 4.78 is 2.43. The number of hydrogen-bond donors (Lipinski definition) is 0. The zero-order valence-corrected chi connectivity index (χ0v) is 14.5. The summed E-state index contributed by atoms with van der Waals surface area (Å²) in [5.74, 6) is 0. The van der Waals surface area contributed by atoms with Crippen molar-refractivity contribution in [3.8, 4) is 0 Å². The van der Waals surface area contributed by atoms with Crippen LogP contribution in [0.25, 0.3) is 16.5 Å². The van der Waals surface area contributed by atoms with E-state index >= 15 is 0 Å². The SMILES string of the molecule is C=C1Cc2c(n(CC)c3ccc(C)cc23)/C1=C/C=C\C.CC. The minimum Gasteiger partial charge on any atom is -0.341 e. The molecule has 0 amide bonds. The maximum absolute atomic E-state index is 4.26. The van der Waals surface area contributed by atoms with Crippen molar-refractivity contribution in [2.75, 3.05) is 0 Å². The summed E-state index contributed by atoms with van der Waals surface area (Å²) in [6.45, 7) is 15.7. The Balaban J connectivity index is 0.000000847. The first-order valence-corrected chi connectivity index (χ1v) is 8.30. The summed E-state index contributed by atoms with van der Waals surface area (Å²) in [5, 5.41) is 1.40. The van der Waals surface area contributed by atoms with Crippen molar-refractivity contribution >= 4 is 16.5 Å². The standard InChI is InChI=1S/C19H21N.C2H6/c1-5-7-8-15-14(4)12-17-16-11-13(3)9-10-18(16)20(6-2)19(15)17;1-2/h5,7-11H,4,6,12H2,1-3H3;1-2H3/b7-5-,15-8+;. The molecule has 1 aromatic carbocycles. The van der Waals surface area contributed by atoms with Gasteiger partial charge in [-0.1, -0.05) is 50.3 Å². The Bertz CT molecular complexity index is 754. The summed E-state index contributed by atoms with van der Waals surface area (Å²) in [6, 6.07) is 6.77. The quantitative estimate of drug-likeness (QED) is 0.633. The molecule has 0 N–H and O–H groups in total. The molecule has 0 spiro atoms. The number of fused-ring (bicyclic) bond motifs is 3. The number of nitrogens with zero attached hydrogens (tertiary/aromatic N) is 1. The van der Waals surface area contributed by atoms with Crippen molar-refractivity contribution < 1.29 is 0 Å². The van der Waals surface area contributed by atoms with Gasteiger partial charge < -0.3 is 4.57 Å². The molecule has 1 aliphatic rings. The monoisotopic (exact) mass is 293 g/mol. The zero-order chi connectivity index (χ0) is 16.3. The fourth-order valence-electron chi connectivity index (χ4n) is 3.22. The van der Waals surface area contributed by atoms with E-state index in [1.54, 1.807) is 0 Å². The first-order chi connectivity index (χ1) is 10.7. The van der Waals surface area contributed by atoms with Gasteiger partial charge in [-0.05, 0) is 44.0 Å². The first-order valence-electron chi connectivity index (χ1n) is 8.30. The van der Waals surface area contributed by atoms with Crippen LogP contribution < -0.4 is 0 Å². The summed E-state index contributed by atoms with van der Waals surface area (Å²) in [5.41, 5.74) is 8.03. The van der Waals surface area contributed by atoms with Crippen molar-refractivity contribution in [3.05, 3.63) is 65.4 Å². The van der Waals surface area contributed by atoms with Crippen LogP contribution in [0.2, 0.25) is 0 Å². The van der Waals surface area contributed by atoms with E-state index in [1.807, 2.05) is 13.8 Å². The molecule has 116 valence electrons. The third-order valence-electron chi connectivity index (χ3n) is 4.12. The molecule has 1 heteroatoms. The third-order valence-corrected chi connectivity index (χ3v) is 4.12. The number of aromatic nitrogens is 1. The van der Waals surface area contributed by atoms with E-state index in [9.17, 15) is 0 Å². The number of hydrogen-bond acceptors (Lipinski definition) is 0. The predicted octanol–water partition coefficient (Wildman–Crippen LogP) is 6.07. The second-order valence-electron chi connectivity index (χ2n) is 5.48. The van der Waals surface area contributed by atoms with Gasteiger partial charge in [-0.15, -0.1) is 0 Å². The largest absolute Gasteiger partial charge is 0.341 e. The lowest BCUT2D eigenvalue weighted by Gasteiger charge is -2.09. The molecule has 1 aliphatic carbocycles. The molecule has 22 heavy (non-hydrogen) atoms. The maximum Gasteiger partial charge on any atom is 0.0529 e. The Kier molecular flexibility index (Phi) is 5.07. The van der Waals surface area contributed by atoms with Gasteiger partial charge in [0.15, 0.2) is 0 Å². The van der Waals surface area contributed by atoms with Crippen molar-refractivity contribution in [1.29, 1.82) is 0 Å². The highest BCUT2D eigenvalue weighted by atomic mass is 15.0. The Morgan fingerprint density at radius 3 is 2.64 bits per heavy atom. The molecule has 0 fully saturated rings. The van der Waals surface area contributed by atoms with Crippen LogP contribution in [0.4, 0.5) is 0 Å². The van der Waals surface area contributed by atoms with Crippen molar-refractivity contribution in [2.24, 2.45) is 0 Å². The first kappa shape index (κ1) is 16.4. The van der Waals surface area contributed by atoms with E-state index in [0.717, 1.165) is 13.0 Å². The maximum atomic E-state index is 4.26. The van der Waals surface area contributed by atoms with Gasteiger partial charge in [0, 0.05) is 29.4 Å². The van der Waals surface area contributed by atoms with Gasteiger partial charge in [-0.25, -0.2) is 0 Å². The zero-order valence-electron chi connectivity index (χ0n) is 14.5. The molecule has 3 rings (SSSR count). The average Bonchev–Trinajstić information content (AvgIpc) is 3.00. The molecule has 1 aromatic heterocycles. The summed E-state index contributed by atoms with van der Waals surface area (Å²) in [6.07, 6.45) is 7.36. The predicted molar refractivity (Wildman–Crippen MR) is 99.3 cm³/mol. The highest BCUT2D eigenvalue weighted by Crippen LogP contribution is 2.42. The third kappa shape index (κ3) is 2.56. The van der Waals surface area contributed by atoms with Crippen molar-refractivity contribution in [2.45, 2.75) is 47.6 Å². The molecule has 1 nitrogen and oxygen atoms in total. The van der Waals surface area contributed by atoms with Gasteiger partial charge in [0.05, 0.1) is 5.69 Å². The lowest BCUT2D eigenvalue weighted by Crippen LogP contribution is -1.98. The molecule has 0 saturated carbocycles. The number of benzene rings is 1. The second-order valence-corrected chi connectivity index (χ2v) is 5.48. The molecule has 0 atom stereocenters. The van der Waals surface area contributed by atoms with Gasteiger partial charge in [0.1, 0.15) is 0 Å². The normalized spacial score (nSPS) is 15.5. The van der Waals surface area contributed by atoms with Gasteiger partial charge in [0.2, 0.25) is 0 Å². The van der Waals surface area contributed by atoms with Gasteiger partial charge in [0.25, 0.3) is 0 Å². The minimum atomic E-state index is 0.978. The van der Waals surface area contributed by atoms with Gasteiger partial charge >= 0.3 is 0 Å². The highest BCUT2D eigenvalue weighted by molar-refractivity contribution is 5.98. The van der Waals surface area contributed by atoms with Gasteiger partial charge in [-0.2, -0.15) is 0 Å². The van der Waals surface area contributed by atoms with Crippen LogP contribution in [0.1, 0.15) is 44.5 Å². The average molecular weight is 293 g/mol. The van der Waals surface area contributed by atoms with Crippen molar-refractivity contribution in [1.82, 2.24) is 4.57 Å². The fraction of sp³-hybridized carbons (Fsp3) is 0.333. The molecular weight excluding hydrogens is 266 g/mol. The van der Waals surface area contributed by atoms with Crippen LogP contribution >= 0.6 is 0 Å². The van der Waals surface area contributed by atoms with Crippen LogP contribution in [-0.2, 0) is 13.0 Å². The Labute approximate surface area is 134 Å². The molecule has 2 aromatic rings. The second kappa shape index (κ2) is 6.83. The number of rotatable bonds is 2. The highest BCUT2D eigenvalue weighted by Gasteiger charge is 2.26. The van der Waals surface area contributed by atoms with E-state index in [1.165, 1.54) is 38.9 Å². The van der Waals surface area contributed by atoms with Crippen LogP contribution in [0.15, 0.2) is 48.6 Å². The summed E-state index contributed by atoms with van der Waals surface area (Å²) in [7, 11) is 0. The van der Waals surface area contributed by atoms with Crippen LogP contribution in [0.5, 0.6) is 0 Å². The number of aryl methyl sites for hydroxylation is 2. The molecular formula is C21H27N. The number of allylic oxidation sites excluding steroid dienone is 5. The Morgan fingerprint density at radius 2 is 2.00 bits per heavy atom. The molecule has 1 heterocycles. The van der Waals surface area contributed by atoms with Crippen molar-refractivity contribution in [3.63, 3.8) is 0 Å². The smallest absolute Gasteiger partial charge is 0.0529 e.